The van der Waals surface area contributed by atoms with Crippen LogP contribution in [-0.2, 0) is 18.7 Å². The third-order valence-corrected chi connectivity index (χ3v) is 10.2. The molecule has 1 aliphatic heterocycles. The summed E-state index contributed by atoms with van der Waals surface area (Å²) in [4.78, 5) is 12.6. The van der Waals surface area contributed by atoms with Crippen molar-refractivity contribution >= 4 is 14.3 Å². The maximum absolute atomic E-state index is 12.6. The largest absolute Gasteiger partial charge is 0.429 e. The van der Waals surface area contributed by atoms with Gasteiger partial charge in [0.25, 0.3) is 0 Å². The van der Waals surface area contributed by atoms with Crippen LogP contribution in [0.4, 0.5) is 0 Å². The Balaban J connectivity index is 1.88. The summed E-state index contributed by atoms with van der Waals surface area (Å²) in [6.45, 7) is 13.8. The second kappa shape index (κ2) is 7.30. The van der Waals surface area contributed by atoms with Crippen LogP contribution in [0.1, 0.15) is 66.2 Å². The number of ether oxygens (including phenoxy) is 2. The number of carbonyl (C=O) groups excluding carboxylic acids is 1. The van der Waals surface area contributed by atoms with Crippen LogP contribution in [0, 0.1) is 0 Å². The highest BCUT2D eigenvalue weighted by Gasteiger charge is 2.41. The van der Waals surface area contributed by atoms with E-state index in [1.807, 2.05) is 13.0 Å². The molecule has 0 radical (unpaired) electrons. The van der Waals surface area contributed by atoms with Crippen molar-refractivity contribution in [3.05, 3.63) is 11.8 Å². The zero-order valence-corrected chi connectivity index (χ0v) is 17.2. The monoisotopic (exact) mass is 354 g/mol. The molecular formula is C19H34O4Si. The normalized spacial score (nSPS) is 29.1. The molecular weight excluding hydrogens is 320 g/mol. The molecule has 4 nitrogen and oxygen atoms in total. The van der Waals surface area contributed by atoms with Crippen LogP contribution in [0.3, 0.4) is 0 Å². The maximum Gasteiger partial charge on any atom is 0.343 e. The fourth-order valence-corrected chi connectivity index (χ4v) is 4.29. The summed E-state index contributed by atoms with van der Waals surface area (Å²) in [5.41, 5.74) is -0.796. The first kappa shape index (κ1) is 19.7. The molecule has 2 aliphatic rings. The number of hydrogen-bond donors (Lipinski definition) is 0. The number of hydrogen-bond acceptors (Lipinski definition) is 4. The predicted molar refractivity (Wildman–Crippen MR) is 98.3 cm³/mol. The Morgan fingerprint density at radius 2 is 2.00 bits per heavy atom. The summed E-state index contributed by atoms with van der Waals surface area (Å²) in [6.07, 6.45) is 7.56. The van der Waals surface area contributed by atoms with Crippen molar-refractivity contribution in [3.8, 4) is 0 Å². The molecule has 0 aromatic carbocycles. The van der Waals surface area contributed by atoms with E-state index >= 15 is 0 Å². The van der Waals surface area contributed by atoms with E-state index in [0.717, 1.165) is 37.9 Å². The van der Waals surface area contributed by atoms with E-state index in [-0.39, 0.29) is 17.1 Å². The number of rotatable bonds is 4. The predicted octanol–water partition coefficient (Wildman–Crippen LogP) is 4.95. The van der Waals surface area contributed by atoms with Gasteiger partial charge in [-0.15, -0.1) is 0 Å². The second-order valence-electron chi connectivity index (χ2n) is 8.89. The highest BCUT2D eigenvalue weighted by atomic mass is 28.4. The van der Waals surface area contributed by atoms with Gasteiger partial charge in [-0.05, 0) is 56.8 Å². The van der Waals surface area contributed by atoms with Gasteiger partial charge in [0.2, 0.25) is 0 Å². The van der Waals surface area contributed by atoms with E-state index < -0.39 is 13.9 Å². The van der Waals surface area contributed by atoms with Crippen LogP contribution in [-0.4, -0.2) is 32.6 Å². The SMILES string of the molecule is CC1(C(=O)OC2=CCC(O[Si](C)(C)C(C)(C)C)C2)CCCCCO1. The minimum atomic E-state index is -1.79. The third-order valence-electron chi connectivity index (χ3n) is 5.68. The van der Waals surface area contributed by atoms with Crippen molar-refractivity contribution in [3.63, 3.8) is 0 Å². The fourth-order valence-electron chi connectivity index (χ4n) is 2.92. The van der Waals surface area contributed by atoms with E-state index in [1.165, 1.54) is 0 Å². The van der Waals surface area contributed by atoms with Gasteiger partial charge in [0.15, 0.2) is 13.9 Å². The smallest absolute Gasteiger partial charge is 0.343 e. The summed E-state index contributed by atoms with van der Waals surface area (Å²) in [6, 6.07) is 0. The molecule has 0 aromatic rings. The van der Waals surface area contributed by atoms with Crippen LogP contribution < -0.4 is 0 Å². The first-order valence-electron chi connectivity index (χ1n) is 9.27. The fraction of sp³-hybridized carbons (Fsp3) is 0.842. The van der Waals surface area contributed by atoms with Gasteiger partial charge in [0.1, 0.15) is 5.76 Å². The van der Waals surface area contributed by atoms with E-state index in [1.54, 1.807) is 0 Å². The van der Waals surface area contributed by atoms with Crippen LogP contribution in [0.15, 0.2) is 11.8 Å². The molecule has 138 valence electrons. The molecule has 0 N–H and O–H groups in total. The van der Waals surface area contributed by atoms with E-state index in [0.29, 0.717) is 13.0 Å². The molecule has 0 bridgehead atoms. The molecule has 1 heterocycles. The molecule has 2 rings (SSSR count). The Morgan fingerprint density at radius 1 is 1.29 bits per heavy atom. The molecule has 0 aromatic heterocycles. The highest BCUT2D eigenvalue weighted by molar-refractivity contribution is 6.74. The highest BCUT2D eigenvalue weighted by Crippen LogP contribution is 2.39. The van der Waals surface area contributed by atoms with Gasteiger partial charge in [-0.2, -0.15) is 0 Å². The molecule has 2 unspecified atom stereocenters. The lowest BCUT2D eigenvalue weighted by atomic mass is 9.99. The van der Waals surface area contributed by atoms with Crippen molar-refractivity contribution in [2.45, 2.75) is 96.1 Å². The lowest BCUT2D eigenvalue weighted by Crippen LogP contribution is -2.43. The number of carbonyl (C=O) groups is 1. The molecule has 1 aliphatic carbocycles. The van der Waals surface area contributed by atoms with Gasteiger partial charge < -0.3 is 13.9 Å². The third kappa shape index (κ3) is 4.70. The zero-order valence-electron chi connectivity index (χ0n) is 16.2. The summed E-state index contributed by atoms with van der Waals surface area (Å²) >= 11 is 0. The summed E-state index contributed by atoms with van der Waals surface area (Å²) in [5.74, 6) is 0.501. The molecule has 1 fully saturated rings. The second-order valence-corrected chi connectivity index (χ2v) is 13.6. The topological polar surface area (TPSA) is 44.8 Å². The lowest BCUT2D eigenvalue weighted by Gasteiger charge is -2.38. The van der Waals surface area contributed by atoms with Crippen molar-refractivity contribution in [2.24, 2.45) is 0 Å². The van der Waals surface area contributed by atoms with E-state index in [9.17, 15) is 4.79 Å². The molecule has 0 saturated carbocycles. The van der Waals surface area contributed by atoms with E-state index in [4.69, 9.17) is 13.9 Å². The minimum absolute atomic E-state index is 0.136. The molecule has 5 heteroatoms. The zero-order chi connectivity index (χ0) is 18.0. The van der Waals surface area contributed by atoms with Crippen molar-refractivity contribution in [2.75, 3.05) is 6.61 Å². The van der Waals surface area contributed by atoms with Crippen LogP contribution in [0.25, 0.3) is 0 Å². The van der Waals surface area contributed by atoms with Gasteiger partial charge in [-0.25, -0.2) is 4.79 Å². The van der Waals surface area contributed by atoms with Crippen LogP contribution >= 0.6 is 0 Å². The van der Waals surface area contributed by atoms with Crippen LogP contribution in [0.5, 0.6) is 0 Å². The Bertz CT molecular complexity index is 482. The van der Waals surface area contributed by atoms with Gasteiger partial charge in [0.05, 0.1) is 6.10 Å². The van der Waals surface area contributed by atoms with Crippen molar-refractivity contribution < 1.29 is 18.7 Å². The Labute approximate surface area is 148 Å². The van der Waals surface area contributed by atoms with Gasteiger partial charge in [-0.3, -0.25) is 0 Å². The van der Waals surface area contributed by atoms with Crippen molar-refractivity contribution in [1.82, 2.24) is 0 Å². The van der Waals surface area contributed by atoms with E-state index in [2.05, 4.69) is 33.9 Å². The first-order chi connectivity index (χ1) is 11.0. The molecule has 2 atom stereocenters. The first-order valence-corrected chi connectivity index (χ1v) is 12.2. The Hall–Kier alpha value is -0.653. The van der Waals surface area contributed by atoms with Gasteiger partial charge in [0, 0.05) is 13.0 Å². The standard InChI is InChI=1S/C19H34O4Si/c1-18(2,3)24(5,6)23-16-11-10-15(14-16)22-17(20)19(4)12-8-7-9-13-21-19/h10,16H,7-9,11-14H2,1-6H3. The quantitative estimate of drug-likeness (QED) is 0.529. The molecule has 1 saturated heterocycles. The van der Waals surface area contributed by atoms with Gasteiger partial charge >= 0.3 is 5.97 Å². The Morgan fingerprint density at radius 3 is 2.67 bits per heavy atom. The summed E-state index contributed by atoms with van der Waals surface area (Å²) in [5, 5.41) is 0.189. The summed E-state index contributed by atoms with van der Waals surface area (Å²) in [7, 11) is -1.79. The lowest BCUT2D eigenvalue weighted by molar-refractivity contribution is -0.166. The Kier molecular flexibility index (Phi) is 5.98. The van der Waals surface area contributed by atoms with Gasteiger partial charge in [-0.1, -0.05) is 27.2 Å². The minimum Gasteiger partial charge on any atom is -0.429 e. The van der Waals surface area contributed by atoms with Crippen molar-refractivity contribution in [1.29, 1.82) is 0 Å². The molecule has 24 heavy (non-hydrogen) atoms. The van der Waals surface area contributed by atoms with Crippen LogP contribution in [0.2, 0.25) is 18.1 Å². The average Bonchev–Trinajstić information content (AvgIpc) is 2.75. The molecule has 0 amide bonds. The maximum atomic E-state index is 12.6. The average molecular weight is 355 g/mol. The number of esters is 1. The summed E-state index contributed by atoms with van der Waals surface area (Å²) < 4.78 is 17.9. The molecule has 0 spiro atoms.